The van der Waals surface area contributed by atoms with Gasteiger partial charge in [-0.15, -0.1) is 0 Å². The number of fused-ring (bicyclic) bond motifs is 1. The summed E-state index contributed by atoms with van der Waals surface area (Å²) in [7, 11) is 0. The number of guanidine groups is 1. The smallest absolute Gasteiger partial charge is 0.328 e. The second-order valence-corrected chi connectivity index (χ2v) is 9.98. The number of aliphatic imine (C=N–C) groups is 1. The minimum absolute atomic E-state index is 0.0691. The monoisotopic (exact) mass is 560 g/mol. The van der Waals surface area contributed by atoms with Crippen LogP contribution in [0.4, 0.5) is 0 Å². The Kier molecular flexibility index (Phi) is 11.9. The van der Waals surface area contributed by atoms with E-state index in [9.17, 15) is 29.4 Å². The number of rotatable bonds is 15. The summed E-state index contributed by atoms with van der Waals surface area (Å²) in [6.45, 7) is 4.86. The number of amides is 3. The van der Waals surface area contributed by atoms with Crippen LogP contribution in [0.2, 0.25) is 0 Å². The fourth-order valence-corrected chi connectivity index (χ4v) is 4.08. The Labute approximate surface area is 232 Å². The average molecular weight is 561 g/mol. The molecule has 14 nitrogen and oxygen atoms in total. The third kappa shape index (κ3) is 9.24. The van der Waals surface area contributed by atoms with E-state index in [0.717, 1.165) is 16.5 Å². The zero-order valence-corrected chi connectivity index (χ0v) is 22.9. The van der Waals surface area contributed by atoms with Gasteiger partial charge in [-0.1, -0.05) is 32.0 Å². The molecule has 220 valence electrons. The molecule has 0 fully saturated rings. The normalized spacial score (nSPS) is 14.9. The van der Waals surface area contributed by atoms with Gasteiger partial charge in [-0.2, -0.15) is 0 Å². The van der Waals surface area contributed by atoms with E-state index in [0.29, 0.717) is 6.42 Å². The summed E-state index contributed by atoms with van der Waals surface area (Å²) in [5.74, 6) is -3.96. The van der Waals surface area contributed by atoms with Gasteiger partial charge in [0.1, 0.15) is 12.1 Å². The molecule has 12 N–H and O–H groups in total. The number of nitrogens with zero attached hydrogens (tertiary/aromatic N) is 1. The zero-order chi connectivity index (χ0) is 30.0. The fraction of sp³-hybridized carbons (Fsp3) is 0.500. The van der Waals surface area contributed by atoms with E-state index in [1.165, 1.54) is 6.92 Å². The van der Waals surface area contributed by atoms with E-state index in [2.05, 4.69) is 25.9 Å². The van der Waals surface area contributed by atoms with Gasteiger partial charge >= 0.3 is 5.97 Å². The number of aliphatic hydroxyl groups is 1. The molecule has 5 unspecified atom stereocenters. The summed E-state index contributed by atoms with van der Waals surface area (Å²) in [5, 5.41) is 27.5. The zero-order valence-electron chi connectivity index (χ0n) is 22.9. The first kappa shape index (κ1) is 32.0. The molecule has 0 bridgehead atoms. The van der Waals surface area contributed by atoms with Crippen molar-refractivity contribution in [2.45, 2.75) is 70.3 Å². The van der Waals surface area contributed by atoms with Gasteiger partial charge in [0.25, 0.3) is 0 Å². The van der Waals surface area contributed by atoms with Gasteiger partial charge < -0.3 is 48.3 Å². The summed E-state index contributed by atoms with van der Waals surface area (Å²) in [6, 6.07) is 2.68. The highest BCUT2D eigenvalue weighted by Crippen LogP contribution is 2.19. The van der Waals surface area contributed by atoms with Crippen LogP contribution in [-0.4, -0.2) is 81.7 Å². The highest BCUT2D eigenvalue weighted by molar-refractivity contribution is 5.95. The van der Waals surface area contributed by atoms with Crippen molar-refractivity contribution in [2.75, 3.05) is 6.54 Å². The van der Waals surface area contributed by atoms with Crippen LogP contribution in [0, 0.1) is 5.92 Å². The molecule has 3 amide bonds. The molecule has 0 aliphatic heterocycles. The first-order chi connectivity index (χ1) is 18.8. The molecule has 0 aliphatic rings. The van der Waals surface area contributed by atoms with Gasteiger partial charge in [-0.05, 0) is 37.3 Å². The number of carbonyl (C=O) groups excluding carboxylic acids is 3. The Balaban J connectivity index is 2.25. The molecule has 0 saturated heterocycles. The lowest BCUT2D eigenvalue weighted by atomic mass is 9.99. The molecule has 14 heteroatoms. The van der Waals surface area contributed by atoms with Gasteiger partial charge in [0, 0.05) is 30.1 Å². The molecule has 5 atom stereocenters. The van der Waals surface area contributed by atoms with Crippen LogP contribution in [0.1, 0.15) is 39.2 Å². The van der Waals surface area contributed by atoms with Crippen LogP contribution < -0.4 is 33.2 Å². The Morgan fingerprint density at radius 3 is 2.23 bits per heavy atom. The number of aromatic amines is 1. The molecular weight excluding hydrogens is 520 g/mol. The molecule has 0 radical (unpaired) electrons. The van der Waals surface area contributed by atoms with Crippen LogP contribution >= 0.6 is 0 Å². The SMILES string of the molecule is CC(C)C(NC(=O)C(Cc1c[nH]c2ccccc12)NC(=O)C(N)CCCN=C(N)N)C(=O)NC(C(=O)O)C(C)O. The second-order valence-electron chi connectivity index (χ2n) is 9.98. The van der Waals surface area contributed by atoms with Gasteiger partial charge in [-0.25, -0.2) is 4.79 Å². The lowest BCUT2D eigenvalue weighted by Gasteiger charge is -2.27. The maximum absolute atomic E-state index is 13.5. The quantitative estimate of drug-likeness (QED) is 0.0709. The van der Waals surface area contributed by atoms with Gasteiger partial charge in [0.15, 0.2) is 12.0 Å². The van der Waals surface area contributed by atoms with Crippen molar-refractivity contribution >= 4 is 40.6 Å². The van der Waals surface area contributed by atoms with E-state index in [1.54, 1.807) is 20.0 Å². The maximum Gasteiger partial charge on any atom is 0.328 e. The topological polar surface area (TPSA) is 251 Å². The summed E-state index contributed by atoms with van der Waals surface area (Å²) in [6.07, 6.45) is 1.15. The number of carboxylic acids is 1. The number of hydrogen-bond donors (Lipinski definition) is 9. The fourth-order valence-electron chi connectivity index (χ4n) is 4.08. The average Bonchev–Trinajstić information content (AvgIpc) is 3.29. The number of nitrogens with two attached hydrogens (primary N) is 3. The molecule has 1 heterocycles. The standard InChI is InChI=1S/C26H40N8O6/c1-13(2)20(24(38)34-21(14(3)35)25(39)40)33-23(37)19(11-15-12-31-18-9-5-4-7-16(15)18)32-22(36)17(27)8-6-10-30-26(28)29/h4-5,7,9,12-14,17,19-21,31,35H,6,8,10-11,27H2,1-3H3,(H,32,36)(H,33,37)(H,34,38)(H,39,40)(H4,28,29,30). The van der Waals surface area contributed by atoms with Crippen LogP contribution in [-0.2, 0) is 25.6 Å². The third-order valence-corrected chi connectivity index (χ3v) is 6.33. The number of nitrogens with one attached hydrogen (secondary N) is 4. The van der Waals surface area contributed by atoms with Crippen molar-refractivity contribution < 1.29 is 29.4 Å². The van der Waals surface area contributed by atoms with Gasteiger partial charge in [0.2, 0.25) is 17.7 Å². The maximum atomic E-state index is 13.5. The lowest BCUT2D eigenvalue weighted by molar-refractivity contribution is -0.145. The molecule has 40 heavy (non-hydrogen) atoms. The molecule has 1 aromatic carbocycles. The molecule has 2 aromatic rings. The summed E-state index contributed by atoms with van der Waals surface area (Å²) in [5.41, 5.74) is 18.3. The Morgan fingerprint density at radius 1 is 0.975 bits per heavy atom. The largest absolute Gasteiger partial charge is 0.480 e. The number of benzene rings is 1. The number of H-pyrrole nitrogens is 1. The minimum Gasteiger partial charge on any atom is -0.480 e. The first-order valence-corrected chi connectivity index (χ1v) is 13.0. The number of aliphatic carboxylic acids is 1. The van der Waals surface area contributed by atoms with Crippen molar-refractivity contribution in [1.29, 1.82) is 0 Å². The van der Waals surface area contributed by atoms with Crippen LogP contribution in [0.3, 0.4) is 0 Å². The van der Waals surface area contributed by atoms with Crippen molar-refractivity contribution in [3.8, 4) is 0 Å². The van der Waals surface area contributed by atoms with Crippen LogP contribution in [0.5, 0.6) is 0 Å². The van der Waals surface area contributed by atoms with Crippen molar-refractivity contribution in [2.24, 2.45) is 28.1 Å². The lowest BCUT2D eigenvalue weighted by Crippen LogP contribution is -2.59. The molecule has 0 aliphatic carbocycles. The highest BCUT2D eigenvalue weighted by atomic mass is 16.4. The predicted molar refractivity (Wildman–Crippen MR) is 150 cm³/mol. The molecule has 2 rings (SSSR count). The summed E-state index contributed by atoms with van der Waals surface area (Å²) < 4.78 is 0. The van der Waals surface area contributed by atoms with Crippen LogP contribution in [0.15, 0.2) is 35.5 Å². The highest BCUT2D eigenvalue weighted by Gasteiger charge is 2.33. The molecule has 0 spiro atoms. The van der Waals surface area contributed by atoms with E-state index in [-0.39, 0.29) is 25.3 Å². The van der Waals surface area contributed by atoms with Crippen LogP contribution in [0.25, 0.3) is 10.9 Å². The molecular formula is C26H40N8O6. The van der Waals surface area contributed by atoms with E-state index in [4.69, 9.17) is 17.2 Å². The number of aliphatic hydroxyl groups excluding tert-OH is 1. The number of para-hydroxylation sites is 1. The van der Waals surface area contributed by atoms with Crippen molar-refractivity contribution in [3.63, 3.8) is 0 Å². The van der Waals surface area contributed by atoms with Crippen molar-refractivity contribution in [3.05, 3.63) is 36.0 Å². The van der Waals surface area contributed by atoms with Gasteiger partial charge in [-0.3, -0.25) is 19.4 Å². The number of carbonyl (C=O) groups is 4. The molecule has 0 saturated carbocycles. The van der Waals surface area contributed by atoms with Gasteiger partial charge in [0.05, 0.1) is 12.1 Å². The first-order valence-electron chi connectivity index (χ1n) is 13.0. The van der Waals surface area contributed by atoms with E-state index >= 15 is 0 Å². The van der Waals surface area contributed by atoms with Crippen molar-refractivity contribution in [1.82, 2.24) is 20.9 Å². The Bertz CT molecular complexity index is 1210. The third-order valence-electron chi connectivity index (χ3n) is 6.33. The van der Waals surface area contributed by atoms with E-state index < -0.39 is 59.9 Å². The number of aromatic nitrogens is 1. The minimum atomic E-state index is -1.57. The summed E-state index contributed by atoms with van der Waals surface area (Å²) >= 11 is 0. The van der Waals surface area contributed by atoms with E-state index in [1.807, 2.05) is 24.3 Å². The Hall–Kier alpha value is -4.17. The number of carboxylic acid groups (broad SMARTS) is 1. The molecule has 1 aromatic heterocycles. The number of hydrogen-bond acceptors (Lipinski definition) is 7. The summed E-state index contributed by atoms with van der Waals surface area (Å²) in [4.78, 5) is 57.8. The predicted octanol–water partition coefficient (Wildman–Crippen LogP) is -1.33. The Morgan fingerprint density at radius 2 is 1.62 bits per heavy atom. The second kappa shape index (κ2) is 14.8.